The molecule has 5 nitrogen and oxygen atoms in total. The molecule has 1 N–H and O–H groups in total. The van der Waals surface area contributed by atoms with Crippen molar-refractivity contribution < 1.29 is 4.79 Å². The van der Waals surface area contributed by atoms with E-state index >= 15 is 0 Å². The van der Waals surface area contributed by atoms with Crippen LogP contribution in [0.3, 0.4) is 0 Å². The Kier molecular flexibility index (Phi) is 5.60. The van der Waals surface area contributed by atoms with Gasteiger partial charge in [-0.2, -0.15) is 0 Å². The fourth-order valence-corrected chi connectivity index (χ4v) is 2.90. The molecule has 0 saturated carbocycles. The molecule has 0 spiro atoms. The van der Waals surface area contributed by atoms with Crippen molar-refractivity contribution in [2.75, 3.05) is 24.5 Å². The van der Waals surface area contributed by atoms with Crippen LogP contribution in [-0.4, -0.2) is 35.5 Å². The molecule has 1 saturated heterocycles. The highest BCUT2D eigenvalue weighted by molar-refractivity contribution is 5.81. The summed E-state index contributed by atoms with van der Waals surface area (Å²) in [6.45, 7) is 12.6. The smallest absolute Gasteiger partial charge is 0.225 e. The van der Waals surface area contributed by atoms with Crippen LogP contribution in [-0.2, 0) is 11.2 Å². The number of hydrogen-bond donors (Lipinski definition) is 1. The van der Waals surface area contributed by atoms with Gasteiger partial charge in [0.15, 0.2) is 0 Å². The lowest BCUT2D eigenvalue weighted by molar-refractivity contribution is -0.128. The standard InChI is InChI=1S/C18H30N4O/c1-6-15-10-16(21-13(2)20-15)22-9-7-8-14(12-22)11-19-17(23)18(3,4)5/h10,14H,6-9,11-12H2,1-5H3,(H,19,23). The molecule has 0 bridgehead atoms. The Morgan fingerprint density at radius 2 is 2.13 bits per heavy atom. The molecular formula is C18H30N4O. The summed E-state index contributed by atoms with van der Waals surface area (Å²) in [6, 6.07) is 2.10. The Hall–Kier alpha value is -1.65. The lowest BCUT2D eigenvalue weighted by Gasteiger charge is -2.34. The molecule has 1 unspecified atom stereocenters. The predicted octanol–water partition coefficient (Wildman–Crippen LogP) is 2.73. The Bertz CT molecular complexity index is 550. The number of aryl methyl sites for hydroxylation is 2. The van der Waals surface area contributed by atoms with Crippen molar-refractivity contribution in [3.05, 3.63) is 17.6 Å². The zero-order chi connectivity index (χ0) is 17.0. The van der Waals surface area contributed by atoms with Crippen molar-refractivity contribution in [2.45, 2.75) is 53.9 Å². The summed E-state index contributed by atoms with van der Waals surface area (Å²) in [5.74, 6) is 2.47. The fraction of sp³-hybridized carbons (Fsp3) is 0.722. The summed E-state index contributed by atoms with van der Waals surface area (Å²) in [6.07, 6.45) is 3.22. The molecule has 1 fully saturated rings. The van der Waals surface area contributed by atoms with Crippen LogP contribution in [0.15, 0.2) is 6.07 Å². The van der Waals surface area contributed by atoms with Gasteiger partial charge in [-0.15, -0.1) is 0 Å². The van der Waals surface area contributed by atoms with E-state index in [1.165, 1.54) is 0 Å². The quantitative estimate of drug-likeness (QED) is 0.927. The third kappa shape index (κ3) is 4.91. The first-order valence-corrected chi connectivity index (χ1v) is 8.67. The molecule has 0 aromatic carbocycles. The van der Waals surface area contributed by atoms with Crippen molar-refractivity contribution in [3.8, 4) is 0 Å². The number of anilines is 1. The zero-order valence-electron chi connectivity index (χ0n) is 15.1. The summed E-state index contributed by atoms with van der Waals surface area (Å²) in [5.41, 5.74) is 0.768. The molecule has 2 rings (SSSR count). The molecule has 1 aromatic rings. The highest BCUT2D eigenvalue weighted by atomic mass is 16.2. The lowest BCUT2D eigenvalue weighted by Crippen LogP contribution is -2.43. The maximum absolute atomic E-state index is 12.0. The van der Waals surface area contributed by atoms with Crippen LogP contribution in [0.5, 0.6) is 0 Å². The van der Waals surface area contributed by atoms with E-state index in [1.54, 1.807) is 0 Å². The molecule has 128 valence electrons. The van der Waals surface area contributed by atoms with Crippen LogP contribution in [0.1, 0.15) is 52.1 Å². The third-order valence-electron chi connectivity index (χ3n) is 4.32. The van der Waals surface area contributed by atoms with Gasteiger partial charge >= 0.3 is 0 Å². The van der Waals surface area contributed by atoms with Crippen LogP contribution < -0.4 is 10.2 Å². The number of nitrogens with one attached hydrogen (secondary N) is 1. The Morgan fingerprint density at radius 1 is 1.39 bits per heavy atom. The van der Waals surface area contributed by atoms with Crippen molar-refractivity contribution in [1.82, 2.24) is 15.3 Å². The number of rotatable bonds is 4. The second-order valence-corrected chi connectivity index (χ2v) is 7.53. The molecule has 1 atom stereocenters. The predicted molar refractivity (Wildman–Crippen MR) is 93.5 cm³/mol. The second kappa shape index (κ2) is 7.28. The van der Waals surface area contributed by atoms with Gasteiger partial charge in [0.1, 0.15) is 11.6 Å². The van der Waals surface area contributed by atoms with E-state index in [1.807, 2.05) is 27.7 Å². The van der Waals surface area contributed by atoms with Crippen LogP contribution in [0.2, 0.25) is 0 Å². The van der Waals surface area contributed by atoms with Gasteiger partial charge < -0.3 is 10.2 Å². The summed E-state index contributed by atoms with van der Waals surface area (Å²) >= 11 is 0. The van der Waals surface area contributed by atoms with Crippen molar-refractivity contribution in [1.29, 1.82) is 0 Å². The Balaban J connectivity index is 1.98. The number of amides is 1. The van der Waals surface area contributed by atoms with E-state index < -0.39 is 0 Å². The van der Waals surface area contributed by atoms with Crippen molar-refractivity contribution >= 4 is 11.7 Å². The molecular weight excluding hydrogens is 288 g/mol. The van der Waals surface area contributed by atoms with E-state index in [2.05, 4.69) is 33.2 Å². The molecule has 0 aliphatic carbocycles. The number of hydrogen-bond acceptors (Lipinski definition) is 4. The van der Waals surface area contributed by atoms with Gasteiger partial charge in [0.05, 0.1) is 0 Å². The molecule has 5 heteroatoms. The second-order valence-electron chi connectivity index (χ2n) is 7.53. The summed E-state index contributed by atoms with van der Waals surface area (Å²) < 4.78 is 0. The van der Waals surface area contributed by atoms with Crippen molar-refractivity contribution in [2.24, 2.45) is 11.3 Å². The minimum atomic E-state index is -0.325. The van der Waals surface area contributed by atoms with E-state index in [-0.39, 0.29) is 11.3 Å². The summed E-state index contributed by atoms with van der Waals surface area (Å²) in [5, 5.41) is 3.10. The van der Waals surface area contributed by atoms with E-state index in [4.69, 9.17) is 0 Å². The number of piperidine rings is 1. The zero-order valence-corrected chi connectivity index (χ0v) is 15.1. The maximum atomic E-state index is 12.0. The minimum absolute atomic E-state index is 0.126. The van der Waals surface area contributed by atoms with Gasteiger partial charge in [-0.3, -0.25) is 4.79 Å². The van der Waals surface area contributed by atoms with Gasteiger partial charge in [-0.1, -0.05) is 27.7 Å². The molecule has 23 heavy (non-hydrogen) atoms. The molecule has 2 heterocycles. The van der Waals surface area contributed by atoms with E-state index in [0.717, 1.165) is 56.2 Å². The Morgan fingerprint density at radius 3 is 2.78 bits per heavy atom. The largest absolute Gasteiger partial charge is 0.356 e. The molecule has 1 amide bonds. The van der Waals surface area contributed by atoms with Gasteiger partial charge in [-0.25, -0.2) is 9.97 Å². The minimum Gasteiger partial charge on any atom is -0.356 e. The summed E-state index contributed by atoms with van der Waals surface area (Å²) in [7, 11) is 0. The molecule has 1 aromatic heterocycles. The van der Waals surface area contributed by atoms with Crippen LogP contribution in [0, 0.1) is 18.3 Å². The number of carbonyl (C=O) groups excluding carboxylic acids is 1. The first-order valence-electron chi connectivity index (χ1n) is 8.67. The van der Waals surface area contributed by atoms with Gasteiger partial charge in [0, 0.05) is 36.8 Å². The highest BCUT2D eigenvalue weighted by Crippen LogP contribution is 2.22. The average Bonchev–Trinajstić information content (AvgIpc) is 2.51. The maximum Gasteiger partial charge on any atom is 0.225 e. The van der Waals surface area contributed by atoms with E-state index in [9.17, 15) is 4.79 Å². The molecule has 0 radical (unpaired) electrons. The topological polar surface area (TPSA) is 58.1 Å². The monoisotopic (exact) mass is 318 g/mol. The molecule has 1 aliphatic heterocycles. The number of aromatic nitrogens is 2. The van der Waals surface area contributed by atoms with Crippen LogP contribution in [0.4, 0.5) is 5.82 Å². The van der Waals surface area contributed by atoms with Crippen molar-refractivity contribution in [3.63, 3.8) is 0 Å². The van der Waals surface area contributed by atoms with Gasteiger partial charge in [0.2, 0.25) is 5.91 Å². The van der Waals surface area contributed by atoms with Gasteiger partial charge in [0.25, 0.3) is 0 Å². The lowest BCUT2D eigenvalue weighted by atomic mass is 9.94. The highest BCUT2D eigenvalue weighted by Gasteiger charge is 2.25. The SMILES string of the molecule is CCc1cc(N2CCCC(CNC(=O)C(C)(C)C)C2)nc(C)n1. The van der Waals surface area contributed by atoms with E-state index in [0.29, 0.717) is 5.92 Å². The van der Waals surface area contributed by atoms with Gasteiger partial charge in [-0.05, 0) is 32.1 Å². The normalized spacial score (nSPS) is 18.8. The third-order valence-corrected chi connectivity index (χ3v) is 4.32. The van der Waals surface area contributed by atoms with Crippen LogP contribution >= 0.6 is 0 Å². The Labute approximate surface area is 139 Å². The summed E-state index contributed by atoms with van der Waals surface area (Å²) in [4.78, 5) is 23.4. The number of nitrogens with zero attached hydrogens (tertiary/aromatic N) is 3. The van der Waals surface area contributed by atoms with Crippen LogP contribution in [0.25, 0.3) is 0 Å². The molecule has 1 aliphatic rings. The fourth-order valence-electron chi connectivity index (χ4n) is 2.90. The first kappa shape index (κ1) is 17.7. The average molecular weight is 318 g/mol. The first-order chi connectivity index (χ1) is 10.8. The number of carbonyl (C=O) groups is 1.